The molecule has 0 saturated carbocycles. The van der Waals surface area contributed by atoms with Crippen LogP contribution >= 0.6 is 0 Å². The standard InChI is InChI=1S/C51H57N7O10/c1-5-24-67-51(63)58-40-30-44(43(64-4)29-38(40)49(62)57-23-11-9-16-39(57)50(58)68-46-18-10-12-25-66-46)65-26-13-17-45(59)52-37-28-42(56(3)32-37)48(61)54-36-21-19-33(20-22-36)34-27-41(55(2)31-34)47(60)53-35-14-7-6-8-15-35/h5-8,14-15,19-22,27-32,39,46,50H,1,9-13,16-18,23-26H2,2-4H3,(H,52,59)(H,53,60)(H,54,61)/t39-,46?,50?/m0/s1. The molecule has 0 radical (unpaired) electrons. The van der Waals surface area contributed by atoms with Gasteiger partial charge in [0.25, 0.3) is 17.7 Å². The number of hydrogen-bond acceptors (Lipinski definition) is 10. The molecule has 17 nitrogen and oxygen atoms in total. The quantitative estimate of drug-likeness (QED) is 0.0642. The Kier molecular flexibility index (Phi) is 14.9. The van der Waals surface area contributed by atoms with E-state index >= 15 is 0 Å². The Labute approximate surface area is 394 Å². The van der Waals surface area contributed by atoms with Crippen LogP contribution in [-0.4, -0.2) is 95.8 Å². The van der Waals surface area contributed by atoms with Gasteiger partial charge in [0.05, 0.1) is 36.7 Å². The molecule has 68 heavy (non-hydrogen) atoms. The number of benzene rings is 3. The number of amides is 5. The highest BCUT2D eigenvalue weighted by Gasteiger charge is 2.47. The van der Waals surface area contributed by atoms with Crippen LogP contribution < -0.4 is 30.3 Å². The van der Waals surface area contributed by atoms with Crippen LogP contribution in [0.25, 0.3) is 11.1 Å². The smallest absolute Gasteiger partial charge is 0.416 e. The van der Waals surface area contributed by atoms with Gasteiger partial charge in [-0.15, -0.1) is 0 Å². The summed E-state index contributed by atoms with van der Waals surface area (Å²) in [5, 5.41) is 8.69. The molecule has 0 aliphatic carbocycles. The van der Waals surface area contributed by atoms with Gasteiger partial charge in [-0.25, -0.2) is 9.69 Å². The van der Waals surface area contributed by atoms with Gasteiger partial charge >= 0.3 is 6.09 Å². The third kappa shape index (κ3) is 10.7. The second-order valence-corrected chi connectivity index (χ2v) is 16.9. The van der Waals surface area contributed by atoms with Gasteiger partial charge in [0.2, 0.25) is 5.91 Å². The van der Waals surface area contributed by atoms with Crippen molar-refractivity contribution < 1.29 is 47.7 Å². The molecule has 0 bridgehead atoms. The van der Waals surface area contributed by atoms with E-state index in [0.717, 1.165) is 36.8 Å². The molecule has 3 aliphatic rings. The molecule has 8 rings (SSSR count). The number of hydrogen-bond donors (Lipinski definition) is 3. The molecule has 2 fully saturated rings. The van der Waals surface area contributed by atoms with Crippen LogP contribution in [0.15, 0.2) is 104 Å². The number of ether oxygens (including phenoxy) is 5. The molecule has 3 aliphatic heterocycles. The summed E-state index contributed by atoms with van der Waals surface area (Å²) < 4.78 is 33.4. The predicted molar refractivity (Wildman–Crippen MR) is 256 cm³/mol. The summed E-state index contributed by atoms with van der Waals surface area (Å²) in [7, 11) is 5.00. The first kappa shape index (κ1) is 47.1. The summed E-state index contributed by atoms with van der Waals surface area (Å²) in [6.07, 6.45) is 7.99. The summed E-state index contributed by atoms with van der Waals surface area (Å²) in [5.41, 5.74) is 4.76. The van der Waals surface area contributed by atoms with Crippen molar-refractivity contribution in [2.75, 3.05) is 54.3 Å². The Balaban J connectivity index is 0.886. The van der Waals surface area contributed by atoms with Gasteiger partial charge in [-0.1, -0.05) is 43.0 Å². The Morgan fingerprint density at radius 3 is 2.24 bits per heavy atom. The minimum absolute atomic E-state index is 0.0507. The van der Waals surface area contributed by atoms with Crippen molar-refractivity contribution in [3.05, 3.63) is 121 Å². The van der Waals surface area contributed by atoms with Crippen LogP contribution in [0.2, 0.25) is 0 Å². The average molecular weight is 928 g/mol. The minimum Gasteiger partial charge on any atom is -0.493 e. The summed E-state index contributed by atoms with van der Waals surface area (Å²) in [6.45, 7) is 4.77. The van der Waals surface area contributed by atoms with Crippen molar-refractivity contribution >= 4 is 52.5 Å². The fourth-order valence-electron chi connectivity index (χ4n) is 8.79. The maximum atomic E-state index is 14.3. The van der Waals surface area contributed by atoms with E-state index < -0.39 is 24.7 Å². The zero-order chi connectivity index (χ0) is 47.7. The lowest BCUT2D eigenvalue weighted by molar-refractivity contribution is -0.198. The first-order valence-corrected chi connectivity index (χ1v) is 22.9. The number of nitrogens with one attached hydrogen (secondary N) is 3. The first-order chi connectivity index (χ1) is 33.0. The van der Waals surface area contributed by atoms with E-state index in [4.69, 9.17) is 23.7 Å². The van der Waals surface area contributed by atoms with E-state index in [1.54, 1.807) is 57.6 Å². The molecule has 0 spiro atoms. The topological polar surface area (TPSA) is 184 Å². The largest absolute Gasteiger partial charge is 0.493 e. The van der Waals surface area contributed by atoms with E-state index in [0.29, 0.717) is 60.9 Å². The second kappa shape index (κ2) is 21.5. The maximum absolute atomic E-state index is 14.3. The van der Waals surface area contributed by atoms with Gasteiger partial charge in [-0.2, -0.15) is 0 Å². The summed E-state index contributed by atoms with van der Waals surface area (Å²) in [4.78, 5) is 70.9. The third-order valence-electron chi connectivity index (χ3n) is 12.2. The van der Waals surface area contributed by atoms with Crippen LogP contribution in [0.4, 0.5) is 27.5 Å². The summed E-state index contributed by atoms with van der Waals surface area (Å²) in [6, 6.07) is 22.7. The Morgan fingerprint density at radius 1 is 0.794 bits per heavy atom. The number of carbonyl (C=O) groups excluding carboxylic acids is 5. The summed E-state index contributed by atoms with van der Waals surface area (Å²) in [5.74, 6) is -0.593. The average Bonchev–Trinajstić information content (AvgIpc) is 3.91. The Bertz CT molecular complexity index is 2640. The predicted octanol–water partition coefficient (Wildman–Crippen LogP) is 8.35. The molecule has 3 aromatic carbocycles. The summed E-state index contributed by atoms with van der Waals surface area (Å²) >= 11 is 0. The molecule has 2 unspecified atom stereocenters. The Morgan fingerprint density at radius 2 is 1.51 bits per heavy atom. The van der Waals surface area contributed by atoms with Crippen LogP contribution in [-0.2, 0) is 33.1 Å². The number of piperidine rings is 1. The molecular formula is C51H57N7O10. The van der Waals surface area contributed by atoms with Gasteiger partial charge in [-0.05, 0) is 93.0 Å². The molecule has 5 amide bonds. The van der Waals surface area contributed by atoms with Crippen molar-refractivity contribution in [2.24, 2.45) is 14.1 Å². The number of para-hydroxylation sites is 1. The van der Waals surface area contributed by atoms with Crippen molar-refractivity contribution in [2.45, 2.75) is 69.9 Å². The number of anilines is 4. The number of fused-ring (bicyclic) bond motifs is 2. The van der Waals surface area contributed by atoms with Gasteiger partial charge in [0.1, 0.15) is 18.0 Å². The SMILES string of the molecule is C=CCOC(=O)N1c2cc(OCCCC(=O)Nc3cc(C(=O)Nc4ccc(-c5cc(C(=O)Nc6ccccc6)n(C)c5)cc4)n(C)c3)c(OC)cc2C(=O)N2CCCC[C@H]2C1OC1CCCCO1. The number of methoxy groups -OCH3 is 1. The van der Waals surface area contributed by atoms with E-state index in [1.807, 2.05) is 61.8 Å². The van der Waals surface area contributed by atoms with E-state index in [9.17, 15) is 24.0 Å². The van der Waals surface area contributed by atoms with Crippen LogP contribution in [0, 0.1) is 0 Å². The van der Waals surface area contributed by atoms with E-state index in [-0.39, 0.29) is 66.0 Å². The van der Waals surface area contributed by atoms with Crippen LogP contribution in [0.5, 0.6) is 11.5 Å². The van der Waals surface area contributed by atoms with Gasteiger partial charge in [0, 0.05) is 69.1 Å². The number of carbonyl (C=O) groups is 5. The highest BCUT2D eigenvalue weighted by molar-refractivity contribution is 6.07. The molecule has 2 aromatic heterocycles. The van der Waals surface area contributed by atoms with Crippen molar-refractivity contribution in [1.82, 2.24) is 14.0 Å². The number of aromatic nitrogens is 2. The molecule has 356 valence electrons. The molecule has 3 N–H and O–H groups in total. The zero-order valence-electron chi connectivity index (χ0n) is 38.5. The fraction of sp³-hybridized carbons (Fsp3) is 0.353. The van der Waals surface area contributed by atoms with Gasteiger partial charge < -0.3 is 53.7 Å². The zero-order valence-corrected chi connectivity index (χ0v) is 38.5. The Hall–Kier alpha value is -7.37. The highest BCUT2D eigenvalue weighted by atomic mass is 16.7. The van der Waals surface area contributed by atoms with Gasteiger partial charge in [0.15, 0.2) is 24.0 Å². The monoisotopic (exact) mass is 927 g/mol. The number of rotatable bonds is 16. The molecular weight excluding hydrogens is 871 g/mol. The van der Waals surface area contributed by atoms with E-state index in [1.165, 1.54) is 18.1 Å². The first-order valence-electron chi connectivity index (χ1n) is 22.9. The normalized spacial score (nSPS) is 17.8. The van der Waals surface area contributed by atoms with Crippen molar-refractivity contribution in [1.29, 1.82) is 0 Å². The van der Waals surface area contributed by atoms with Crippen LogP contribution in [0.3, 0.4) is 0 Å². The fourth-order valence-corrected chi connectivity index (χ4v) is 8.79. The lowest BCUT2D eigenvalue weighted by Crippen LogP contribution is -2.57. The lowest BCUT2D eigenvalue weighted by atomic mass is 10.00. The minimum atomic E-state index is -0.903. The van der Waals surface area contributed by atoms with Crippen molar-refractivity contribution in [3.8, 4) is 22.6 Å². The molecule has 2 saturated heterocycles. The number of aryl methyl sites for hydroxylation is 2. The second-order valence-electron chi connectivity index (χ2n) is 16.9. The van der Waals surface area contributed by atoms with Gasteiger partial charge in [-0.3, -0.25) is 19.2 Å². The van der Waals surface area contributed by atoms with E-state index in [2.05, 4.69) is 22.5 Å². The highest BCUT2D eigenvalue weighted by Crippen LogP contribution is 2.42. The maximum Gasteiger partial charge on any atom is 0.416 e. The molecule has 3 atom stereocenters. The van der Waals surface area contributed by atoms with Crippen molar-refractivity contribution in [3.63, 3.8) is 0 Å². The molecule has 17 heteroatoms. The van der Waals surface area contributed by atoms with Crippen LogP contribution in [0.1, 0.15) is 82.7 Å². The molecule has 5 aromatic rings. The molecule has 5 heterocycles. The third-order valence-corrected chi connectivity index (χ3v) is 12.2. The lowest BCUT2D eigenvalue weighted by Gasteiger charge is -2.42. The number of nitrogens with zero attached hydrogens (tertiary/aromatic N) is 4.